The third-order valence-corrected chi connectivity index (χ3v) is 4.30. The number of piperazine rings is 1. The molecular weight excluding hydrogens is 308 g/mol. The van der Waals surface area contributed by atoms with E-state index in [1.165, 1.54) is 0 Å². The fraction of sp³-hybridized carbons (Fsp3) is 0.471. The number of carbonyl (C=O) groups is 2. The largest absolute Gasteiger partial charge is 0.450 e. The second kappa shape index (κ2) is 6.90. The summed E-state index contributed by atoms with van der Waals surface area (Å²) in [5, 5.41) is 0. The van der Waals surface area contributed by atoms with Crippen molar-refractivity contribution in [3.8, 4) is 0 Å². The summed E-state index contributed by atoms with van der Waals surface area (Å²) in [4.78, 5) is 32.2. The van der Waals surface area contributed by atoms with E-state index >= 15 is 0 Å². The van der Waals surface area contributed by atoms with E-state index in [2.05, 4.69) is 4.98 Å². The lowest BCUT2D eigenvalue weighted by Crippen LogP contribution is -2.51. The highest BCUT2D eigenvalue weighted by Crippen LogP contribution is 2.16. The van der Waals surface area contributed by atoms with Crippen molar-refractivity contribution in [3.05, 3.63) is 30.1 Å². The van der Waals surface area contributed by atoms with Crippen LogP contribution in [-0.2, 0) is 16.1 Å². The maximum Gasteiger partial charge on any atom is 0.409 e. The van der Waals surface area contributed by atoms with Gasteiger partial charge in [0.25, 0.3) is 0 Å². The Hall–Kier alpha value is -2.57. The van der Waals surface area contributed by atoms with Crippen molar-refractivity contribution in [2.75, 3.05) is 32.8 Å². The monoisotopic (exact) mass is 330 g/mol. The summed E-state index contributed by atoms with van der Waals surface area (Å²) < 4.78 is 6.94. The first-order chi connectivity index (χ1) is 11.6. The van der Waals surface area contributed by atoms with Crippen molar-refractivity contribution in [2.24, 2.45) is 0 Å². The van der Waals surface area contributed by atoms with Gasteiger partial charge in [-0.15, -0.1) is 0 Å². The molecule has 0 bridgehead atoms. The highest BCUT2D eigenvalue weighted by atomic mass is 16.6. The fourth-order valence-electron chi connectivity index (χ4n) is 2.98. The SMILES string of the molecule is CCOC(=O)N1CCN(C(=O)Cn2c(C)nc3ccccc32)CC1. The second-order valence-corrected chi connectivity index (χ2v) is 5.80. The number of carbonyl (C=O) groups excluding carboxylic acids is 2. The van der Waals surface area contributed by atoms with Crippen molar-refractivity contribution in [1.29, 1.82) is 0 Å². The Bertz CT molecular complexity index is 747. The third kappa shape index (κ3) is 3.20. The number of hydrogen-bond donors (Lipinski definition) is 0. The molecule has 2 aromatic rings. The molecule has 3 rings (SSSR count). The van der Waals surface area contributed by atoms with Crippen LogP contribution in [0.2, 0.25) is 0 Å². The standard InChI is InChI=1S/C17H22N4O3/c1-3-24-17(23)20-10-8-19(9-11-20)16(22)12-21-13(2)18-14-6-4-5-7-15(14)21/h4-7H,3,8-12H2,1-2H3. The van der Waals surface area contributed by atoms with E-state index in [0.717, 1.165) is 16.9 Å². The first-order valence-electron chi connectivity index (χ1n) is 8.21. The van der Waals surface area contributed by atoms with Gasteiger partial charge >= 0.3 is 6.09 Å². The molecule has 0 saturated carbocycles. The van der Waals surface area contributed by atoms with Crippen LogP contribution in [-0.4, -0.2) is 64.1 Å². The van der Waals surface area contributed by atoms with Gasteiger partial charge in [0, 0.05) is 26.2 Å². The number of rotatable bonds is 3. The molecule has 0 spiro atoms. The fourth-order valence-corrected chi connectivity index (χ4v) is 2.98. The maximum absolute atomic E-state index is 12.6. The minimum Gasteiger partial charge on any atom is -0.450 e. The van der Waals surface area contributed by atoms with Gasteiger partial charge in [-0.1, -0.05) is 12.1 Å². The zero-order valence-electron chi connectivity index (χ0n) is 14.1. The number of ether oxygens (including phenoxy) is 1. The molecule has 0 N–H and O–H groups in total. The Morgan fingerprint density at radius 3 is 2.50 bits per heavy atom. The Kier molecular flexibility index (Phi) is 4.69. The van der Waals surface area contributed by atoms with E-state index < -0.39 is 0 Å². The Labute approximate surface area is 140 Å². The van der Waals surface area contributed by atoms with Gasteiger partial charge in [0.2, 0.25) is 5.91 Å². The van der Waals surface area contributed by atoms with Crippen LogP contribution in [0, 0.1) is 6.92 Å². The molecule has 1 aromatic carbocycles. The zero-order valence-corrected chi connectivity index (χ0v) is 14.1. The molecule has 1 aromatic heterocycles. The quantitative estimate of drug-likeness (QED) is 0.858. The van der Waals surface area contributed by atoms with Crippen LogP contribution in [0.4, 0.5) is 4.79 Å². The average Bonchev–Trinajstić information content (AvgIpc) is 2.91. The number of amides is 2. The number of hydrogen-bond acceptors (Lipinski definition) is 4. The summed E-state index contributed by atoms with van der Waals surface area (Å²) in [6, 6.07) is 7.81. The van der Waals surface area contributed by atoms with Crippen molar-refractivity contribution >= 4 is 23.0 Å². The summed E-state index contributed by atoms with van der Waals surface area (Å²) in [6.07, 6.45) is -0.305. The van der Waals surface area contributed by atoms with Crippen molar-refractivity contribution < 1.29 is 14.3 Å². The minimum atomic E-state index is -0.305. The van der Waals surface area contributed by atoms with Crippen LogP contribution < -0.4 is 0 Å². The van der Waals surface area contributed by atoms with Crippen LogP contribution in [0.25, 0.3) is 11.0 Å². The lowest BCUT2D eigenvalue weighted by atomic mass is 10.3. The molecule has 1 fully saturated rings. The molecule has 1 saturated heterocycles. The summed E-state index contributed by atoms with van der Waals surface area (Å²) >= 11 is 0. The summed E-state index contributed by atoms with van der Waals surface area (Å²) in [6.45, 7) is 6.41. The summed E-state index contributed by atoms with van der Waals surface area (Å²) in [5.41, 5.74) is 1.86. The average molecular weight is 330 g/mol. The number of aryl methyl sites for hydroxylation is 1. The second-order valence-electron chi connectivity index (χ2n) is 5.80. The Morgan fingerprint density at radius 1 is 1.12 bits per heavy atom. The smallest absolute Gasteiger partial charge is 0.409 e. The molecular formula is C17H22N4O3. The molecule has 0 unspecified atom stereocenters. The molecule has 1 aliphatic rings. The van der Waals surface area contributed by atoms with Gasteiger partial charge in [-0.25, -0.2) is 9.78 Å². The topological polar surface area (TPSA) is 67.7 Å². The molecule has 128 valence electrons. The van der Waals surface area contributed by atoms with Crippen LogP contribution in [0.15, 0.2) is 24.3 Å². The van der Waals surface area contributed by atoms with Crippen molar-refractivity contribution in [2.45, 2.75) is 20.4 Å². The molecule has 7 nitrogen and oxygen atoms in total. The van der Waals surface area contributed by atoms with Gasteiger partial charge in [0.15, 0.2) is 0 Å². The van der Waals surface area contributed by atoms with E-state index in [4.69, 9.17) is 4.74 Å². The van der Waals surface area contributed by atoms with E-state index in [0.29, 0.717) is 32.8 Å². The molecule has 2 heterocycles. The first-order valence-corrected chi connectivity index (χ1v) is 8.21. The van der Waals surface area contributed by atoms with Gasteiger partial charge < -0.3 is 19.1 Å². The number of imidazole rings is 1. The molecule has 1 aliphatic heterocycles. The predicted octanol–water partition coefficient (Wildman–Crippen LogP) is 1.65. The number of fused-ring (bicyclic) bond motifs is 1. The highest BCUT2D eigenvalue weighted by molar-refractivity contribution is 5.81. The van der Waals surface area contributed by atoms with E-state index in [9.17, 15) is 9.59 Å². The van der Waals surface area contributed by atoms with Crippen molar-refractivity contribution in [1.82, 2.24) is 19.4 Å². The van der Waals surface area contributed by atoms with E-state index in [1.54, 1.807) is 16.7 Å². The number of benzene rings is 1. The number of nitrogens with zero attached hydrogens (tertiary/aromatic N) is 4. The molecule has 7 heteroatoms. The number of para-hydroxylation sites is 2. The van der Waals surface area contributed by atoms with Gasteiger partial charge in [0.1, 0.15) is 12.4 Å². The molecule has 2 amide bonds. The molecule has 0 radical (unpaired) electrons. The minimum absolute atomic E-state index is 0.0461. The van der Waals surface area contributed by atoms with E-state index in [-0.39, 0.29) is 18.5 Å². The van der Waals surface area contributed by atoms with Crippen LogP contribution in [0.1, 0.15) is 12.7 Å². The molecule has 24 heavy (non-hydrogen) atoms. The van der Waals surface area contributed by atoms with Gasteiger partial charge in [-0.2, -0.15) is 0 Å². The first kappa shape index (κ1) is 16.3. The summed E-state index contributed by atoms with van der Waals surface area (Å²) in [7, 11) is 0. The molecule has 0 atom stereocenters. The Morgan fingerprint density at radius 2 is 1.79 bits per heavy atom. The summed E-state index contributed by atoms with van der Waals surface area (Å²) in [5.74, 6) is 0.875. The molecule has 0 aliphatic carbocycles. The zero-order chi connectivity index (χ0) is 17.1. The lowest BCUT2D eigenvalue weighted by molar-refractivity contribution is -0.133. The maximum atomic E-state index is 12.6. The third-order valence-electron chi connectivity index (χ3n) is 4.30. The van der Waals surface area contributed by atoms with Gasteiger partial charge in [-0.05, 0) is 26.0 Å². The highest BCUT2D eigenvalue weighted by Gasteiger charge is 2.25. The van der Waals surface area contributed by atoms with Gasteiger partial charge in [0.05, 0.1) is 17.6 Å². The van der Waals surface area contributed by atoms with Crippen LogP contribution in [0.5, 0.6) is 0 Å². The Balaban J connectivity index is 1.64. The van der Waals surface area contributed by atoms with Gasteiger partial charge in [-0.3, -0.25) is 4.79 Å². The van der Waals surface area contributed by atoms with Crippen molar-refractivity contribution in [3.63, 3.8) is 0 Å². The van der Waals surface area contributed by atoms with Crippen LogP contribution in [0.3, 0.4) is 0 Å². The predicted molar refractivity (Wildman–Crippen MR) is 89.6 cm³/mol. The normalized spacial score (nSPS) is 14.9. The number of aromatic nitrogens is 2. The van der Waals surface area contributed by atoms with Crippen LogP contribution >= 0.6 is 0 Å². The lowest BCUT2D eigenvalue weighted by Gasteiger charge is -2.34. The van der Waals surface area contributed by atoms with E-state index in [1.807, 2.05) is 35.8 Å².